The molecule has 0 rings (SSSR count). The molecule has 0 fully saturated rings. The Labute approximate surface area is 319 Å². The van der Waals surface area contributed by atoms with Crippen LogP contribution in [0.25, 0.3) is 0 Å². The monoisotopic (exact) mass is 751 g/mol. The Bertz CT molecular complexity index is 996. The van der Waals surface area contributed by atoms with E-state index in [0.717, 1.165) is 77.0 Å². The lowest BCUT2D eigenvalue weighted by Gasteiger charge is -2.23. The maximum absolute atomic E-state index is 12.7. The van der Waals surface area contributed by atoms with Gasteiger partial charge in [-0.25, -0.2) is 4.57 Å². The molecule has 9 heteroatoms. The highest BCUT2D eigenvalue weighted by atomic mass is 31.2. The van der Waals surface area contributed by atoms with E-state index in [-0.39, 0.29) is 25.7 Å². The van der Waals surface area contributed by atoms with Crippen molar-refractivity contribution in [1.29, 1.82) is 0 Å². The topological polar surface area (TPSA) is 131 Å². The fourth-order valence-corrected chi connectivity index (χ4v) is 6.47. The van der Waals surface area contributed by atoms with E-state index in [4.69, 9.17) is 14.8 Å². The molecule has 5 N–H and O–H groups in total. The third kappa shape index (κ3) is 36.6. The zero-order chi connectivity index (χ0) is 38.2. The zero-order valence-corrected chi connectivity index (χ0v) is 34.2. The Morgan fingerprint density at radius 2 is 1.12 bits per heavy atom. The van der Waals surface area contributed by atoms with E-state index in [9.17, 15) is 19.4 Å². The lowest BCUT2D eigenvalue weighted by Crippen LogP contribution is -2.45. The SMILES string of the molecule is CC/C=C\C/C=C\C/C=C\C/C=C\CCCCCCCCC(=O)NC(COP(=O)(O)OCCN)C(O)/C=C/CCCCCCCCCCCCCC. The number of amides is 1. The number of nitrogens with two attached hydrogens (primary N) is 1. The third-order valence-electron chi connectivity index (χ3n) is 8.85. The maximum atomic E-state index is 12.7. The van der Waals surface area contributed by atoms with Crippen molar-refractivity contribution in [2.45, 2.75) is 187 Å². The first-order valence-corrected chi connectivity index (χ1v) is 22.4. The van der Waals surface area contributed by atoms with Gasteiger partial charge in [-0.2, -0.15) is 0 Å². The van der Waals surface area contributed by atoms with E-state index in [0.29, 0.717) is 6.42 Å². The molecular weight excluding hydrogens is 671 g/mol. The average Bonchev–Trinajstić information content (AvgIpc) is 3.13. The standard InChI is InChI=1S/C43H79N2O6P/c1-3-5-7-9-11-13-15-17-19-20-21-22-23-25-27-29-31-33-35-37-43(47)45-41(40-51-52(48,49)50-39-38-44)42(46)36-34-32-30-28-26-24-18-16-14-12-10-8-6-4-2/h5,7,11,13,17,19,21-22,34,36,41-42,46H,3-4,6,8-10,12,14-16,18,20,23-33,35,37-40,44H2,1-2H3,(H,45,47)(H,48,49)/b7-5-,13-11-,19-17-,22-21-,36-34+. The van der Waals surface area contributed by atoms with Crippen LogP contribution in [-0.2, 0) is 18.4 Å². The predicted molar refractivity (Wildman–Crippen MR) is 221 cm³/mol. The molecule has 0 aliphatic rings. The van der Waals surface area contributed by atoms with E-state index >= 15 is 0 Å². The Balaban J connectivity index is 4.28. The first-order valence-electron chi connectivity index (χ1n) is 20.9. The number of aliphatic hydroxyl groups is 1. The second-order valence-corrected chi connectivity index (χ2v) is 15.3. The average molecular weight is 751 g/mol. The summed E-state index contributed by atoms with van der Waals surface area (Å²) in [6.45, 7) is 3.99. The summed E-state index contributed by atoms with van der Waals surface area (Å²) in [7, 11) is -4.34. The van der Waals surface area contributed by atoms with Crippen LogP contribution in [0.15, 0.2) is 60.8 Å². The largest absolute Gasteiger partial charge is 0.472 e. The second kappa shape index (κ2) is 38.9. The van der Waals surface area contributed by atoms with Crippen LogP contribution < -0.4 is 11.1 Å². The number of carbonyl (C=O) groups is 1. The fourth-order valence-electron chi connectivity index (χ4n) is 5.71. The molecule has 0 aliphatic heterocycles. The molecular formula is C43H79N2O6P. The first kappa shape index (κ1) is 50.2. The fraction of sp³-hybridized carbons (Fsp3) is 0.744. The summed E-state index contributed by atoms with van der Waals surface area (Å²) in [4.78, 5) is 22.7. The minimum Gasteiger partial charge on any atom is -0.387 e. The van der Waals surface area contributed by atoms with Gasteiger partial charge in [0, 0.05) is 13.0 Å². The van der Waals surface area contributed by atoms with Gasteiger partial charge < -0.3 is 21.1 Å². The number of nitrogens with one attached hydrogen (secondary N) is 1. The highest BCUT2D eigenvalue weighted by molar-refractivity contribution is 7.47. The molecule has 1 amide bonds. The van der Waals surface area contributed by atoms with Gasteiger partial charge in [0.15, 0.2) is 0 Å². The van der Waals surface area contributed by atoms with Crippen LogP contribution in [0, 0.1) is 0 Å². The summed E-state index contributed by atoms with van der Waals surface area (Å²) < 4.78 is 22.1. The van der Waals surface area contributed by atoms with Gasteiger partial charge >= 0.3 is 7.82 Å². The van der Waals surface area contributed by atoms with Crippen molar-refractivity contribution in [2.24, 2.45) is 5.73 Å². The molecule has 0 bridgehead atoms. The normalized spacial score (nSPS) is 14.8. The number of hydrogen-bond acceptors (Lipinski definition) is 6. The molecule has 52 heavy (non-hydrogen) atoms. The highest BCUT2D eigenvalue weighted by Gasteiger charge is 2.26. The molecule has 0 heterocycles. The number of carbonyl (C=O) groups excluding carboxylic acids is 1. The summed E-state index contributed by atoms with van der Waals surface area (Å²) in [5, 5.41) is 13.6. The number of aliphatic hydroxyl groups excluding tert-OH is 1. The zero-order valence-electron chi connectivity index (χ0n) is 33.3. The number of unbranched alkanes of at least 4 members (excludes halogenated alkanes) is 18. The molecule has 0 aromatic heterocycles. The maximum Gasteiger partial charge on any atom is 0.472 e. The predicted octanol–water partition coefficient (Wildman–Crippen LogP) is 11.5. The van der Waals surface area contributed by atoms with Crippen molar-refractivity contribution in [1.82, 2.24) is 5.32 Å². The first-order chi connectivity index (χ1) is 25.4. The van der Waals surface area contributed by atoms with Gasteiger partial charge in [-0.05, 0) is 57.8 Å². The van der Waals surface area contributed by atoms with Crippen LogP contribution >= 0.6 is 7.82 Å². The Kier molecular flexibility index (Phi) is 37.6. The van der Waals surface area contributed by atoms with Crippen molar-refractivity contribution in [3.63, 3.8) is 0 Å². The lowest BCUT2D eigenvalue weighted by atomic mass is 10.0. The van der Waals surface area contributed by atoms with E-state index in [2.05, 4.69) is 67.8 Å². The third-order valence-corrected chi connectivity index (χ3v) is 9.83. The highest BCUT2D eigenvalue weighted by Crippen LogP contribution is 2.43. The van der Waals surface area contributed by atoms with Gasteiger partial charge in [0.25, 0.3) is 0 Å². The van der Waals surface area contributed by atoms with Crippen molar-refractivity contribution >= 4 is 13.7 Å². The van der Waals surface area contributed by atoms with E-state index in [1.165, 1.54) is 77.0 Å². The van der Waals surface area contributed by atoms with Crippen LogP contribution in [0.4, 0.5) is 0 Å². The molecule has 0 aromatic rings. The molecule has 0 saturated carbocycles. The minimum atomic E-state index is -4.34. The van der Waals surface area contributed by atoms with Crippen molar-refractivity contribution in [3.8, 4) is 0 Å². The summed E-state index contributed by atoms with van der Waals surface area (Å²) in [5.41, 5.74) is 5.37. The minimum absolute atomic E-state index is 0.0733. The van der Waals surface area contributed by atoms with Crippen molar-refractivity contribution in [3.05, 3.63) is 60.8 Å². The molecule has 0 radical (unpaired) electrons. The lowest BCUT2D eigenvalue weighted by molar-refractivity contribution is -0.123. The molecule has 3 unspecified atom stereocenters. The van der Waals surface area contributed by atoms with Gasteiger partial charge in [0.1, 0.15) is 0 Å². The number of rotatable bonds is 38. The van der Waals surface area contributed by atoms with Crippen LogP contribution in [0.5, 0.6) is 0 Å². The van der Waals surface area contributed by atoms with Gasteiger partial charge in [-0.3, -0.25) is 13.8 Å². The number of hydrogen-bond donors (Lipinski definition) is 4. The quantitative estimate of drug-likeness (QED) is 0.0281. The van der Waals surface area contributed by atoms with Gasteiger partial charge in [-0.15, -0.1) is 0 Å². The van der Waals surface area contributed by atoms with E-state index in [1.54, 1.807) is 6.08 Å². The molecule has 0 aromatic carbocycles. The summed E-state index contributed by atoms with van der Waals surface area (Å²) in [6.07, 6.45) is 48.3. The van der Waals surface area contributed by atoms with Gasteiger partial charge in [0.05, 0.1) is 25.4 Å². The Hall–Kier alpha value is -1.80. The van der Waals surface area contributed by atoms with Crippen LogP contribution in [0.2, 0.25) is 0 Å². The number of allylic oxidation sites excluding steroid dienone is 9. The molecule has 8 nitrogen and oxygen atoms in total. The number of phosphoric ester groups is 1. The summed E-state index contributed by atoms with van der Waals surface area (Å²) in [6, 6.07) is -0.869. The second-order valence-electron chi connectivity index (χ2n) is 13.8. The number of phosphoric acid groups is 1. The van der Waals surface area contributed by atoms with Crippen molar-refractivity contribution in [2.75, 3.05) is 19.8 Å². The molecule has 302 valence electrons. The smallest absolute Gasteiger partial charge is 0.387 e. The van der Waals surface area contributed by atoms with Crippen molar-refractivity contribution < 1.29 is 28.4 Å². The molecule has 0 spiro atoms. The van der Waals surface area contributed by atoms with E-state index < -0.39 is 20.0 Å². The van der Waals surface area contributed by atoms with Gasteiger partial charge in [-0.1, -0.05) is 171 Å². The van der Waals surface area contributed by atoms with Gasteiger partial charge in [0.2, 0.25) is 5.91 Å². The van der Waals surface area contributed by atoms with E-state index in [1.807, 2.05) is 6.08 Å². The Morgan fingerprint density at radius 3 is 1.63 bits per heavy atom. The van der Waals surface area contributed by atoms with Crippen LogP contribution in [-0.4, -0.2) is 47.8 Å². The molecule has 3 atom stereocenters. The Morgan fingerprint density at radius 1 is 0.654 bits per heavy atom. The summed E-state index contributed by atoms with van der Waals surface area (Å²) >= 11 is 0. The van der Waals surface area contributed by atoms with Crippen LogP contribution in [0.3, 0.4) is 0 Å². The molecule has 0 saturated heterocycles. The van der Waals surface area contributed by atoms with Crippen LogP contribution in [0.1, 0.15) is 174 Å². The summed E-state index contributed by atoms with van der Waals surface area (Å²) in [5.74, 6) is -0.211. The molecule has 0 aliphatic carbocycles.